The van der Waals surface area contributed by atoms with Gasteiger partial charge in [0.1, 0.15) is 5.76 Å². The second kappa shape index (κ2) is 7.25. The van der Waals surface area contributed by atoms with Crippen LogP contribution >= 0.6 is 11.3 Å². The van der Waals surface area contributed by atoms with Crippen LogP contribution in [0, 0.1) is 0 Å². The zero-order valence-electron chi connectivity index (χ0n) is 15.1. The average Bonchev–Trinajstić information content (AvgIpc) is 3.54. The average molecular weight is 382 g/mol. The Morgan fingerprint density at radius 2 is 1.39 bits per heavy atom. The van der Waals surface area contributed by atoms with Gasteiger partial charge in [-0.2, -0.15) is 0 Å². The summed E-state index contributed by atoms with van der Waals surface area (Å²) in [6, 6.07) is 24.8. The molecule has 0 amide bonds. The van der Waals surface area contributed by atoms with Crippen LogP contribution in [0.4, 0.5) is 0 Å². The van der Waals surface area contributed by atoms with Crippen molar-refractivity contribution in [1.29, 1.82) is 0 Å². The first-order valence-corrected chi connectivity index (χ1v) is 9.96. The van der Waals surface area contributed by atoms with Crippen LogP contribution in [0.3, 0.4) is 0 Å². The van der Waals surface area contributed by atoms with Gasteiger partial charge in [0.15, 0.2) is 0 Å². The lowest BCUT2D eigenvalue weighted by molar-refractivity contribution is 0.582. The third kappa shape index (κ3) is 3.26. The van der Waals surface area contributed by atoms with E-state index in [1.54, 1.807) is 17.6 Å². The number of pyridine rings is 2. The van der Waals surface area contributed by atoms with Crippen LogP contribution in [0.5, 0.6) is 0 Å². The van der Waals surface area contributed by atoms with E-state index in [0.717, 1.165) is 11.3 Å². The summed E-state index contributed by atoms with van der Waals surface area (Å²) in [7, 11) is 0. The highest BCUT2D eigenvalue weighted by atomic mass is 32.1. The second-order valence-corrected chi connectivity index (χ2v) is 7.43. The van der Waals surface area contributed by atoms with Crippen molar-refractivity contribution in [1.82, 2.24) is 8.80 Å². The number of hydrogen-bond donors (Lipinski definition) is 0. The van der Waals surface area contributed by atoms with E-state index >= 15 is 0 Å². The van der Waals surface area contributed by atoms with Crippen LogP contribution in [0.1, 0.15) is 0 Å². The summed E-state index contributed by atoms with van der Waals surface area (Å²) in [5.74, 6) is 0.911. The van der Waals surface area contributed by atoms with E-state index in [9.17, 15) is 0 Å². The fourth-order valence-corrected chi connectivity index (χ4v) is 3.97. The first-order valence-electron chi connectivity index (χ1n) is 9.08. The Bertz CT molecular complexity index is 1140. The molecule has 0 fully saturated rings. The van der Waals surface area contributed by atoms with Gasteiger partial charge < -0.3 is 13.2 Å². The Morgan fingerprint density at radius 3 is 2.00 bits per heavy atom. The van der Waals surface area contributed by atoms with E-state index in [0.29, 0.717) is 0 Å². The minimum Gasteiger partial charge on any atom is -0.464 e. The molecular weight excluding hydrogens is 364 g/mol. The molecule has 0 aromatic carbocycles. The van der Waals surface area contributed by atoms with E-state index in [1.165, 1.54) is 21.5 Å². The van der Waals surface area contributed by atoms with Gasteiger partial charge in [0.25, 0.3) is 0 Å². The molecule has 0 N–H and O–H groups in total. The van der Waals surface area contributed by atoms with Gasteiger partial charge in [-0.1, -0.05) is 18.2 Å². The maximum atomic E-state index is 5.34. The predicted molar refractivity (Wildman–Crippen MR) is 116 cm³/mol. The molecule has 6 aromatic heterocycles. The Hall–Kier alpha value is -3.50. The zero-order chi connectivity index (χ0) is 18.8. The number of rotatable bonds is 2. The van der Waals surface area contributed by atoms with E-state index in [1.807, 2.05) is 36.5 Å². The summed E-state index contributed by atoms with van der Waals surface area (Å²) in [6.45, 7) is 0. The molecule has 0 saturated heterocycles. The van der Waals surface area contributed by atoms with Crippen molar-refractivity contribution in [3.05, 3.63) is 109 Å². The lowest BCUT2D eigenvalue weighted by atomic mass is 10.2. The second-order valence-electron chi connectivity index (χ2n) is 6.48. The highest BCUT2D eigenvalue weighted by molar-refractivity contribution is 7.13. The van der Waals surface area contributed by atoms with E-state index < -0.39 is 0 Å². The van der Waals surface area contributed by atoms with Crippen molar-refractivity contribution in [2.45, 2.75) is 0 Å². The van der Waals surface area contributed by atoms with Crippen LogP contribution in [-0.4, -0.2) is 8.80 Å². The molecule has 0 saturated carbocycles. The lowest BCUT2D eigenvalue weighted by Crippen LogP contribution is -1.76. The molecule has 0 atom stereocenters. The minimum absolute atomic E-state index is 0.911. The number of furan rings is 1. The molecule has 6 rings (SSSR count). The Morgan fingerprint density at radius 1 is 0.679 bits per heavy atom. The number of aromatic nitrogens is 2. The molecule has 0 bridgehead atoms. The van der Waals surface area contributed by atoms with Crippen molar-refractivity contribution in [2.75, 3.05) is 0 Å². The van der Waals surface area contributed by atoms with Crippen molar-refractivity contribution in [3.63, 3.8) is 0 Å². The fraction of sp³-hybridized carbons (Fsp3) is 0. The molecule has 0 aliphatic rings. The van der Waals surface area contributed by atoms with Gasteiger partial charge in [0, 0.05) is 51.8 Å². The number of fused-ring (bicyclic) bond motifs is 2. The SMILES string of the molecule is c1coc(-c2cc3ccccn3c2)c1.c1csc(-c2cc3ccccn3c2)c1. The monoisotopic (exact) mass is 382 g/mol. The number of hydrogen-bond acceptors (Lipinski definition) is 2. The van der Waals surface area contributed by atoms with Crippen molar-refractivity contribution >= 4 is 22.4 Å². The van der Waals surface area contributed by atoms with Crippen molar-refractivity contribution in [2.24, 2.45) is 0 Å². The summed E-state index contributed by atoms with van der Waals surface area (Å²) in [4.78, 5) is 1.33. The molecule has 136 valence electrons. The molecule has 28 heavy (non-hydrogen) atoms. The summed E-state index contributed by atoms with van der Waals surface area (Å²) in [5.41, 5.74) is 4.84. The Kier molecular flexibility index (Phi) is 4.31. The highest BCUT2D eigenvalue weighted by Gasteiger charge is 2.03. The topological polar surface area (TPSA) is 22.0 Å². The van der Waals surface area contributed by atoms with Gasteiger partial charge in [-0.25, -0.2) is 0 Å². The molecule has 0 spiro atoms. The van der Waals surface area contributed by atoms with E-state index in [-0.39, 0.29) is 0 Å². The maximum Gasteiger partial charge on any atom is 0.135 e. The molecule has 0 aliphatic carbocycles. The Labute approximate surface area is 166 Å². The third-order valence-electron chi connectivity index (χ3n) is 4.62. The first kappa shape index (κ1) is 16.7. The lowest BCUT2D eigenvalue weighted by Gasteiger charge is -1.89. The molecule has 0 aliphatic heterocycles. The van der Waals surface area contributed by atoms with Gasteiger partial charge in [0.05, 0.1) is 6.26 Å². The van der Waals surface area contributed by atoms with Crippen LogP contribution < -0.4 is 0 Å². The quantitative estimate of drug-likeness (QED) is 0.320. The van der Waals surface area contributed by atoms with Crippen LogP contribution in [-0.2, 0) is 0 Å². The number of thiophene rings is 1. The van der Waals surface area contributed by atoms with Gasteiger partial charge in [-0.05, 0) is 60.0 Å². The largest absolute Gasteiger partial charge is 0.464 e. The van der Waals surface area contributed by atoms with Gasteiger partial charge in [-0.3, -0.25) is 0 Å². The van der Waals surface area contributed by atoms with Gasteiger partial charge in [0.2, 0.25) is 0 Å². The fourth-order valence-electron chi connectivity index (χ4n) is 3.27. The maximum absolute atomic E-state index is 5.34. The van der Waals surface area contributed by atoms with Crippen molar-refractivity contribution < 1.29 is 4.42 Å². The van der Waals surface area contributed by atoms with Crippen LogP contribution in [0.25, 0.3) is 32.8 Å². The minimum atomic E-state index is 0.911. The molecule has 3 nitrogen and oxygen atoms in total. The third-order valence-corrected chi connectivity index (χ3v) is 5.54. The summed E-state index contributed by atoms with van der Waals surface area (Å²) < 4.78 is 9.56. The van der Waals surface area contributed by atoms with E-state index in [4.69, 9.17) is 4.42 Å². The van der Waals surface area contributed by atoms with Crippen LogP contribution in [0.15, 0.2) is 114 Å². The molecular formula is C24H18N2OS. The summed E-state index contributed by atoms with van der Waals surface area (Å²) in [5, 5.41) is 2.11. The summed E-state index contributed by atoms with van der Waals surface area (Å²) in [6.07, 6.45) is 10.0. The van der Waals surface area contributed by atoms with E-state index in [2.05, 4.69) is 75.2 Å². The van der Waals surface area contributed by atoms with Gasteiger partial charge >= 0.3 is 0 Å². The highest BCUT2D eigenvalue weighted by Crippen LogP contribution is 2.26. The van der Waals surface area contributed by atoms with Gasteiger partial charge in [-0.15, -0.1) is 11.3 Å². The standard InChI is InChI=1S/C12H9NO.C12H9NS/c2*1-2-6-13-9-10(8-11(13)4-1)12-5-3-7-14-12/h2*1-9H. The molecule has 6 heterocycles. The predicted octanol–water partition coefficient (Wildman–Crippen LogP) is 6.87. The zero-order valence-corrected chi connectivity index (χ0v) is 15.9. The molecule has 0 radical (unpaired) electrons. The first-order chi connectivity index (χ1) is 13.9. The Balaban J connectivity index is 0.000000122. The van der Waals surface area contributed by atoms with Crippen molar-refractivity contribution in [3.8, 4) is 21.8 Å². The molecule has 4 heteroatoms. The molecule has 0 unspecified atom stereocenters. The molecule has 6 aromatic rings. The normalized spacial score (nSPS) is 10.9. The smallest absolute Gasteiger partial charge is 0.135 e. The summed E-state index contributed by atoms with van der Waals surface area (Å²) >= 11 is 1.78. The van der Waals surface area contributed by atoms with Crippen LogP contribution in [0.2, 0.25) is 0 Å². The number of nitrogens with zero attached hydrogens (tertiary/aromatic N) is 2.